The van der Waals surface area contributed by atoms with Gasteiger partial charge in [-0.1, -0.05) is 42.5 Å². The number of hydrogen-bond donors (Lipinski definition) is 0. The largest absolute Gasteiger partial charge is 0.497 e. The van der Waals surface area contributed by atoms with Gasteiger partial charge in [-0.05, 0) is 42.0 Å². The first-order chi connectivity index (χ1) is 10.4. The Balaban J connectivity index is 1.94. The molecule has 0 bridgehead atoms. The zero-order valence-electron chi connectivity index (χ0n) is 12.5. The first kappa shape index (κ1) is 14.2. The van der Waals surface area contributed by atoms with Crippen LogP contribution in [-0.2, 0) is 4.74 Å². The molecule has 0 N–H and O–H groups in total. The summed E-state index contributed by atoms with van der Waals surface area (Å²) in [6.07, 6.45) is 2.26. The van der Waals surface area contributed by atoms with E-state index in [-0.39, 0.29) is 0 Å². The van der Waals surface area contributed by atoms with Gasteiger partial charge in [-0.15, -0.1) is 0 Å². The SMILES string of the molecule is COc1ccc(C(c2ccccc2)C2CCOCC2)cc1. The Labute approximate surface area is 126 Å². The van der Waals surface area contributed by atoms with Gasteiger partial charge in [0, 0.05) is 19.1 Å². The highest BCUT2D eigenvalue weighted by atomic mass is 16.5. The maximum absolute atomic E-state index is 5.54. The maximum atomic E-state index is 5.54. The van der Waals surface area contributed by atoms with Crippen molar-refractivity contribution < 1.29 is 9.47 Å². The Morgan fingerprint density at radius 2 is 1.52 bits per heavy atom. The molecule has 1 heterocycles. The molecule has 2 aromatic rings. The van der Waals surface area contributed by atoms with Crippen LogP contribution in [-0.4, -0.2) is 20.3 Å². The molecule has 1 saturated heterocycles. The lowest BCUT2D eigenvalue weighted by Gasteiger charge is -2.31. The zero-order chi connectivity index (χ0) is 14.5. The van der Waals surface area contributed by atoms with Crippen LogP contribution in [0.5, 0.6) is 5.75 Å². The van der Waals surface area contributed by atoms with Crippen molar-refractivity contribution >= 4 is 0 Å². The Bertz CT molecular complexity index is 542. The van der Waals surface area contributed by atoms with E-state index in [1.54, 1.807) is 7.11 Å². The van der Waals surface area contributed by atoms with E-state index in [1.165, 1.54) is 11.1 Å². The highest BCUT2D eigenvalue weighted by Gasteiger charge is 2.26. The molecule has 0 saturated carbocycles. The lowest BCUT2D eigenvalue weighted by atomic mass is 9.77. The van der Waals surface area contributed by atoms with Crippen molar-refractivity contribution in [3.05, 3.63) is 65.7 Å². The second kappa shape index (κ2) is 6.77. The van der Waals surface area contributed by atoms with Gasteiger partial charge < -0.3 is 9.47 Å². The van der Waals surface area contributed by atoms with E-state index in [0.717, 1.165) is 31.8 Å². The van der Waals surface area contributed by atoms with E-state index in [0.29, 0.717) is 11.8 Å². The molecule has 2 heteroatoms. The Kier molecular flexibility index (Phi) is 4.56. The molecule has 0 aliphatic carbocycles. The van der Waals surface area contributed by atoms with Gasteiger partial charge in [0.05, 0.1) is 7.11 Å². The Morgan fingerprint density at radius 3 is 2.14 bits per heavy atom. The van der Waals surface area contributed by atoms with Crippen molar-refractivity contribution in [2.75, 3.05) is 20.3 Å². The lowest BCUT2D eigenvalue weighted by Crippen LogP contribution is -2.23. The van der Waals surface area contributed by atoms with Crippen LogP contribution in [0.2, 0.25) is 0 Å². The normalized spacial score (nSPS) is 17.4. The summed E-state index contributed by atoms with van der Waals surface area (Å²) in [7, 11) is 1.71. The fourth-order valence-corrected chi connectivity index (χ4v) is 3.26. The number of benzene rings is 2. The summed E-state index contributed by atoms with van der Waals surface area (Å²) in [6.45, 7) is 1.76. The summed E-state index contributed by atoms with van der Waals surface area (Å²) >= 11 is 0. The maximum Gasteiger partial charge on any atom is 0.118 e. The molecule has 0 aromatic heterocycles. The predicted molar refractivity (Wildman–Crippen MR) is 84.8 cm³/mol. The summed E-state index contributed by atoms with van der Waals surface area (Å²) in [6, 6.07) is 19.3. The lowest BCUT2D eigenvalue weighted by molar-refractivity contribution is 0.0616. The number of hydrogen-bond acceptors (Lipinski definition) is 2. The second-order valence-electron chi connectivity index (χ2n) is 5.61. The van der Waals surface area contributed by atoms with Crippen LogP contribution in [0.3, 0.4) is 0 Å². The molecule has 110 valence electrons. The molecule has 21 heavy (non-hydrogen) atoms. The van der Waals surface area contributed by atoms with Crippen LogP contribution in [0.15, 0.2) is 54.6 Å². The van der Waals surface area contributed by atoms with E-state index >= 15 is 0 Å². The van der Waals surface area contributed by atoms with Crippen LogP contribution in [0.25, 0.3) is 0 Å². The van der Waals surface area contributed by atoms with Crippen molar-refractivity contribution in [2.45, 2.75) is 18.8 Å². The fraction of sp³-hybridized carbons (Fsp3) is 0.368. The minimum Gasteiger partial charge on any atom is -0.497 e. The fourth-order valence-electron chi connectivity index (χ4n) is 3.26. The van der Waals surface area contributed by atoms with Gasteiger partial charge in [0.2, 0.25) is 0 Å². The summed E-state index contributed by atoms with van der Waals surface area (Å²) in [5.74, 6) is 2.01. The standard InChI is InChI=1S/C19H22O2/c1-20-18-9-7-16(8-10-18)19(15-5-3-2-4-6-15)17-11-13-21-14-12-17/h2-10,17,19H,11-14H2,1H3. The van der Waals surface area contributed by atoms with Crippen molar-refractivity contribution in [3.8, 4) is 5.75 Å². The zero-order valence-corrected chi connectivity index (χ0v) is 12.5. The van der Waals surface area contributed by atoms with Crippen LogP contribution in [0.1, 0.15) is 29.9 Å². The summed E-state index contributed by atoms with van der Waals surface area (Å²) in [5, 5.41) is 0. The van der Waals surface area contributed by atoms with Crippen molar-refractivity contribution in [1.82, 2.24) is 0 Å². The molecule has 0 spiro atoms. The van der Waals surface area contributed by atoms with Gasteiger partial charge >= 0.3 is 0 Å². The van der Waals surface area contributed by atoms with E-state index in [9.17, 15) is 0 Å². The number of ether oxygens (including phenoxy) is 2. The third-order valence-electron chi connectivity index (χ3n) is 4.37. The molecule has 0 radical (unpaired) electrons. The summed E-state index contributed by atoms with van der Waals surface area (Å²) in [4.78, 5) is 0. The van der Waals surface area contributed by atoms with E-state index in [4.69, 9.17) is 9.47 Å². The predicted octanol–water partition coefficient (Wildman–Crippen LogP) is 4.25. The molecule has 2 nitrogen and oxygen atoms in total. The molecule has 1 atom stereocenters. The number of methoxy groups -OCH3 is 1. The first-order valence-corrected chi connectivity index (χ1v) is 7.65. The van der Waals surface area contributed by atoms with Gasteiger partial charge in [-0.2, -0.15) is 0 Å². The minimum atomic E-state index is 0.445. The molecule has 1 aliphatic heterocycles. The van der Waals surface area contributed by atoms with Gasteiger partial charge in [0.15, 0.2) is 0 Å². The Hall–Kier alpha value is -1.80. The van der Waals surface area contributed by atoms with Crippen LogP contribution < -0.4 is 4.74 Å². The highest BCUT2D eigenvalue weighted by molar-refractivity contribution is 5.36. The van der Waals surface area contributed by atoms with Crippen molar-refractivity contribution in [1.29, 1.82) is 0 Å². The number of rotatable bonds is 4. The average molecular weight is 282 g/mol. The summed E-state index contributed by atoms with van der Waals surface area (Å²) in [5.41, 5.74) is 2.77. The smallest absolute Gasteiger partial charge is 0.118 e. The quantitative estimate of drug-likeness (QED) is 0.834. The van der Waals surface area contributed by atoms with E-state index in [2.05, 4.69) is 54.6 Å². The van der Waals surface area contributed by atoms with Gasteiger partial charge in [0.25, 0.3) is 0 Å². The van der Waals surface area contributed by atoms with Gasteiger partial charge in [-0.3, -0.25) is 0 Å². The first-order valence-electron chi connectivity index (χ1n) is 7.65. The van der Waals surface area contributed by atoms with E-state index < -0.39 is 0 Å². The minimum absolute atomic E-state index is 0.445. The molecule has 3 rings (SSSR count). The molecule has 1 fully saturated rings. The van der Waals surface area contributed by atoms with Crippen molar-refractivity contribution in [2.24, 2.45) is 5.92 Å². The molecule has 1 aliphatic rings. The molecular formula is C19H22O2. The summed E-state index contributed by atoms with van der Waals surface area (Å²) < 4.78 is 10.8. The highest BCUT2D eigenvalue weighted by Crippen LogP contribution is 2.37. The topological polar surface area (TPSA) is 18.5 Å². The van der Waals surface area contributed by atoms with Gasteiger partial charge in [0.1, 0.15) is 5.75 Å². The Morgan fingerprint density at radius 1 is 0.905 bits per heavy atom. The second-order valence-corrected chi connectivity index (χ2v) is 5.61. The van der Waals surface area contributed by atoms with Crippen LogP contribution in [0, 0.1) is 5.92 Å². The van der Waals surface area contributed by atoms with Gasteiger partial charge in [-0.25, -0.2) is 0 Å². The van der Waals surface area contributed by atoms with Crippen LogP contribution in [0.4, 0.5) is 0 Å². The monoisotopic (exact) mass is 282 g/mol. The van der Waals surface area contributed by atoms with Crippen molar-refractivity contribution in [3.63, 3.8) is 0 Å². The molecular weight excluding hydrogens is 260 g/mol. The average Bonchev–Trinajstić information content (AvgIpc) is 2.58. The third kappa shape index (κ3) is 3.27. The molecule has 1 unspecified atom stereocenters. The molecule has 2 aromatic carbocycles. The third-order valence-corrected chi connectivity index (χ3v) is 4.37. The van der Waals surface area contributed by atoms with Crippen LogP contribution >= 0.6 is 0 Å². The van der Waals surface area contributed by atoms with E-state index in [1.807, 2.05) is 0 Å². The molecule has 0 amide bonds.